The van der Waals surface area contributed by atoms with Gasteiger partial charge in [0.15, 0.2) is 10.3 Å². The molecule has 0 aliphatic rings. The molecule has 0 aliphatic heterocycles. The standard InChI is InChI=1S/C7H6N4OS2/c8-6-10-3(1-13-6)5(12)4-2-14-7(9)11-4/h1-2H,(H2,8,10)(H2,9,11). The Labute approximate surface area is 87.4 Å². The number of ketones is 1. The maximum absolute atomic E-state index is 11.7. The number of aromatic nitrogens is 2. The molecule has 0 fully saturated rings. The lowest BCUT2D eigenvalue weighted by molar-refractivity contribution is 0.103. The summed E-state index contributed by atoms with van der Waals surface area (Å²) in [5, 5.41) is 3.95. The minimum atomic E-state index is -0.245. The van der Waals surface area contributed by atoms with Crippen molar-refractivity contribution in [3.63, 3.8) is 0 Å². The van der Waals surface area contributed by atoms with Crippen LogP contribution in [0.2, 0.25) is 0 Å². The molecule has 2 heterocycles. The summed E-state index contributed by atoms with van der Waals surface area (Å²) in [4.78, 5) is 19.4. The number of carbonyl (C=O) groups is 1. The molecule has 0 aromatic carbocycles. The van der Waals surface area contributed by atoms with Gasteiger partial charge in [0.05, 0.1) is 0 Å². The Hall–Kier alpha value is -1.47. The second-order valence-electron chi connectivity index (χ2n) is 2.47. The van der Waals surface area contributed by atoms with E-state index >= 15 is 0 Å². The van der Waals surface area contributed by atoms with Crippen LogP contribution in [0.25, 0.3) is 0 Å². The van der Waals surface area contributed by atoms with Crippen molar-refractivity contribution in [2.45, 2.75) is 0 Å². The summed E-state index contributed by atoms with van der Waals surface area (Å²) >= 11 is 2.45. The minimum absolute atomic E-state index is 0.245. The fourth-order valence-corrected chi connectivity index (χ4v) is 2.00. The summed E-state index contributed by atoms with van der Waals surface area (Å²) in [6, 6.07) is 0. The van der Waals surface area contributed by atoms with E-state index in [1.54, 1.807) is 10.8 Å². The maximum atomic E-state index is 11.7. The van der Waals surface area contributed by atoms with Gasteiger partial charge in [-0.15, -0.1) is 22.7 Å². The van der Waals surface area contributed by atoms with Crippen LogP contribution in [0.4, 0.5) is 10.3 Å². The fourth-order valence-electron chi connectivity index (χ4n) is 0.915. The van der Waals surface area contributed by atoms with Gasteiger partial charge in [-0.2, -0.15) is 0 Å². The van der Waals surface area contributed by atoms with Crippen molar-refractivity contribution in [3.8, 4) is 0 Å². The van der Waals surface area contributed by atoms with E-state index in [4.69, 9.17) is 11.5 Å². The zero-order valence-electron chi connectivity index (χ0n) is 6.93. The van der Waals surface area contributed by atoms with Crippen molar-refractivity contribution in [1.82, 2.24) is 9.97 Å². The molecule has 14 heavy (non-hydrogen) atoms. The molecule has 4 N–H and O–H groups in total. The van der Waals surface area contributed by atoms with Crippen LogP contribution >= 0.6 is 22.7 Å². The van der Waals surface area contributed by atoms with Crippen LogP contribution in [0, 0.1) is 0 Å². The first-order valence-electron chi connectivity index (χ1n) is 3.63. The van der Waals surface area contributed by atoms with Crippen molar-refractivity contribution in [2.24, 2.45) is 0 Å². The first kappa shape index (κ1) is 9.10. The molecule has 7 heteroatoms. The Morgan fingerprint density at radius 3 is 1.79 bits per heavy atom. The monoisotopic (exact) mass is 226 g/mol. The van der Waals surface area contributed by atoms with Gasteiger partial charge in [-0.1, -0.05) is 0 Å². The third-order valence-electron chi connectivity index (χ3n) is 1.51. The summed E-state index contributed by atoms with van der Waals surface area (Å²) in [6.45, 7) is 0. The Balaban J connectivity index is 2.33. The number of nitrogen functional groups attached to an aromatic ring is 2. The van der Waals surface area contributed by atoms with Gasteiger partial charge in [-0.25, -0.2) is 9.97 Å². The molecule has 0 amide bonds. The molecule has 2 aromatic rings. The highest BCUT2D eigenvalue weighted by Gasteiger charge is 2.15. The summed E-state index contributed by atoms with van der Waals surface area (Å²) in [5.41, 5.74) is 11.5. The molecule has 0 bridgehead atoms. The first-order chi connectivity index (χ1) is 6.66. The molecule has 5 nitrogen and oxygen atoms in total. The Kier molecular flexibility index (Phi) is 2.18. The lowest BCUT2D eigenvalue weighted by atomic mass is 10.2. The average molecular weight is 226 g/mol. The van der Waals surface area contributed by atoms with Crippen LogP contribution in [0.5, 0.6) is 0 Å². The molecule has 0 atom stereocenters. The highest BCUT2D eigenvalue weighted by atomic mass is 32.1. The van der Waals surface area contributed by atoms with Crippen LogP contribution in [0.3, 0.4) is 0 Å². The van der Waals surface area contributed by atoms with E-state index in [1.807, 2.05) is 0 Å². The predicted molar refractivity (Wildman–Crippen MR) is 56.5 cm³/mol. The molecule has 0 spiro atoms. The second-order valence-corrected chi connectivity index (χ2v) is 4.25. The molecule has 72 valence electrons. The highest BCUT2D eigenvalue weighted by molar-refractivity contribution is 7.14. The van der Waals surface area contributed by atoms with Gasteiger partial charge < -0.3 is 11.5 Å². The summed E-state index contributed by atoms with van der Waals surface area (Å²) in [7, 11) is 0. The number of hydrogen-bond acceptors (Lipinski definition) is 7. The number of nitrogens with zero attached hydrogens (tertiary/aromatic N) is 2. The number of carbonyl (C=O) groups excluding carboxylic acids is 1. The molecular weight excluding hydrogens is 220 g/mol. The SMILES string of the molecule is Nc1nc(C(=O)c2csc(N)n2)cs1. The van der Waals surface area contributed by atoms with Gasteiger partial charge in [0.1, 0.15) is 11.4 Å². The molecule has 0 saturated carbocycles. The van der Waals surface area contributed by atoms with Gasteiger partial charge >= 0.3 is 0 Å². The molecule has 0 radical (unpaired) electrons. The Bertz CT molecular complexity index is 433. The molecule has 2 aromatic heterocycles. The van der Waals surface area contributed by atoms with Crippen LogP contribution in [-0.4, -0.2) is 15.8 Å². The van der Waals surface area contributed by atoms with E-state index in [2.05, 4.69) is 9.97 Å². The zero-order valence-corrected chi connectivity index (χ0v) is 8.56. The van der Waals surface area contributed by atoms with Gasteiger partial charge in [-0.05, 0) is 0 Å². The largest absolute Gasteiger partial charge is 0.375 e. The van der Waals surface area contributed by atoms with Crippen molar-refractivity contribution in [3.05, 3.63) is 22.1 Å². The summed E-state index contributed by atoms with van der Waals surface area (Å²) in [6.07, 6.45) is 0. The van der Waals surface area contributed by atoms with Crippen molar-refractivity contribution in [2.75, 3.05) is 11.5 Å². The zero-order chi connectivity index (χ0) is 10.1. The van der Waals surface area contributed by atoms with Gasteiger partial charge in [0, 0.05) is 10.8 Å². The summed E-state index contributed by atoms with van der Waals surface area (Å²) < 4.78 is 0. The van der Waals surface area contributed by atoms with Crippen LogP contribution < -0.4 is 11.5 Å². The molecule has 0 saturated heterocycles. The molecular formula is C7H6N4OS2. The van der Waals surface area contributed by atoms with Crippen LogP contribution in [-0.2, 0) is 0 Å². The number of nitrogens with two attached hydrogens (primary N) is 2. The molecule has 2 rings (SSSR count). The van der Waals surface area contributed by atoms with E-state index in [-0.39, 0.29) is 5.78 Å². The Morgan fingerprint density at radius 2 is 1.50 bits per heavy atom. The number of rotatable bonds is 2. The van der Waals surface area contributed by atoms with Crippen molar-refractivity contribution in [1.29, 1.82) is 0 Å². The van der Waals surface area contributed by atoms with E-state index in [0.717, 1.165) is 0 Å². The number of hydrogen-bond donors (Lipinski definition) is 2. The minimum Gasteiger partial charge on any atom is -0.375 e. The van der Waals surface area contributed by atoms with Gasteiger partial charge in [-0.3, -0.25) is 4.79 Å². The third-order valence-corrected chi connectivity index (χ3v) is 2.86. The summed E-state index contributed by atoms with van der Waals surface area (Å²) in [5.74, 6) is -0.245. The van der Waals surface area contributed by atoms with E-state index in [0.29, 0.717) is 21.7 Å². The van der Waals surface area contributed by atoms with Crippen LogP contribution in [0.1, 0.15) is 16.2 Å². The quantitative estimate of drug-likeness (QED) is 0.745. The number of anilines is 2. The Morgan fingerprint density at radius 1 is 1.07 bits per heavy atom. The van der Waals surface area contributed by atoms with E-state index in [9.17, 15) is 4.79 Å². The fraction of sp³-hybridized carbons (Fsp3) is 0. The average Bonchev–Trinajstić information content (AvgIpc) is 2.73. The normalized spacial score (nSPS) is 10.3. The van der Waals surface area contributed by atoms with Crippen molar-refractivity contribution < 1.29 is 4.79 Å². The number of thiazole rings is 2. The second kappa shape index (κ2) is 3.35. The maximum Gasteiger partial charge on any atom is 0.231 e. The lowest BCUT2D eigenvalue weighted by Gasteiger charge is -1.89. The molecule has 0 unspecified atom stereocenters. The highest BCUT2D eigenvalue weighted by Crippen LogP contribution is 2.17. The lowest BCUT2D eigenvalue weighted by Crippen LogP contribution is -2.02. The van der Waals surface area contributed by atoms with E-state index in [1.165, 1.54) is 22.7 Å². The van der Waals surface area contributed by atoms with Gasteiger partial charge in [0.25, 0.3) is 0 Å². The predicted octanol–water partition coefficient (Wildman–Crippen LogP) is 0.995. The molecule has 0 aliphatic carbocycles. The van der Waals surface area contributed by atoms with Crippen LogP contribution in [0.15, 0.2) is 10.8 Å². The smallest absolute Gasteiger partial charge is 0.231 e. The first-order valence-corrected chi connectivity index (χ1v) is 5.39. The third kappa shape index (κ3) is 1.59. The van der Waals surface area contributed by atoms with Gasteiger partial charge in [0.2, 0.25) is 5.78 Å². The van der Waals surface area contributed by atoms with Crippen molar-refractivity contribution >= 4 is 38.7 Å². The topological polar surface area (TPSA) is 94.9 Å². The van der Waals surface area contributed by atoms with E-state index < -0.39 is 0 Å².